The number of hydrogen-bond donors (Lipinski definition) is 1. The van der Waals surface area contributed by atoms with E-state index in [1.165, 1.54) is 32.4 Å². The van der Waals surface area contributed by atoms with E-state index in [0.717, 1.165) is 5.69 Å². The molecule has 1 heterocycles. The van der Waals surface area contributed by atoms with E-state index >= 15 is 0 Å². The van der Waals surface area contributed by atoms with Crippen LogP contribution in [0.2, 0.25) is 0 Å². The van der Waals surface area contributed by atoms with Crippen LogP contribution in [0.5, 0.6) is 0 Å². The summed E-state index contributed by atoms with van der Waals surface area (Å²) in [4.78, 5) is 35.6. The fraction of sp³-hybridized carbons (Fsp3) is 0.294. The number of nitrogens with one attached hydrogen (secondary N) is 1. The molecule has 2 rings (SSSR count). The number of carbonyl (C=O) groups excluding carboxylic acids is 3. The van der Waals surface area contributed by atoms with Gasteiger partial charge in [-0.1, -0.05) is 0 Å². The van der Waals surface area contributed by atoms with Crippen molar-refractivity contribution in [2.75, 3.05) is 19.5 Å². The van der Waals surface area contributed by atoms with Crippen molar-refractivity contribution in [3.63, 3.8) is 0 Å². The Hall–Kier alpha value is -3.16. The molecule has 0 atom stereocenters. The fourth-order valence-electron chi connectivity index (χ4n) is 2.23. The first-order valence-corrected chi connectivity index (χ1v) is 7.54. The number of aromatic nitrogens is 2. The molecule has 0 saturated heterocycles. The lowest BCUT2D eigenvalue weighted by Crippen LogP contribution is -2.16. The molecule has 0 bridgehead atoms. The summed E-state index contributed by atoms with van der Waals surface area (Å²) in [6, 6.07) is 6.07. The highest BCUT2D eigenvalue weighted by atomic mass is 16.5. The zero-order chi connectivity index (χ0) is 18.4. The standard InChI is InChI=1S/C17H19N3O5/c1-11-4-6-18-20(11)7-5-15(21)19-14-9-12(16(22)24-2)8-13(10-14)17(23)25-3/h4,6,8-10H,5,7H2,1-3H3,(H,19,21). The predicted octanol–water partition coefficient (Wildman–Crippen LogP) is 1.79. The minimum atomic E-state index is -0.617. The van der Waals surface area contributed by atoms with E-state index in [2.05, 4.69) is 19.9 Å². The third-order valence-electron chi connectivity index (χ3n) is 3.54. The molecule has 0 spiro atoms. The molecule has 132 valence electrons. The third kappa shape index (κ3) is 4.66. The van der Waals surface area contributed by atoms with E-state index in [1.54, 1.807) is 10.9 Å². The van der Waals surface area contributed by atoms with Crippen molar-refractivity contribution in [3.8, 4) is 0 Å². The molecule has 0 saturated carbocycles. The van der Waals surface area contributed by atoms with Gasteiger partial charge in [0.1, 0.15) is 0 Å². The Morgan fingerprint density at radius 1 is 1.08 bits per heavy atom. The van der Waals surface area contributed by atoms with Crippen LogP contribution in [0, 0.1) is 6.92 Å². The Labute approximate surface area is 144 Å². The van der Waals surface area contributed by atoms with Crippen LogP contribution in [-0.4, -0.2) is 41.8 Å². The van der Waals surface area contributed by atoms with Gasteiger partial charge in [-0.15, -0.1) is 0 Å². The van der Waals surface area contributed by atoms with Crippen molar-refractivity contribution < 1.29 is 23.9 Å². The Balaban J connectivity index is 2.13. The molecule has 1 amide bonds. The molecule has 1 aromatic carbocycles. The van der Waals surface area contributed by atoms with Crippen LogP contribution in [0.1, 0.15) is 32.8 Å². The van der Waals surface area contributed by atoms with Crippen molar-refractivity contribution in [1.29, 1.82) is 0 Å². The minimum Gasteiger partial charge on any atom is -0.465 e. The van der Waals surface area contributed by atoms with Crippen molar-refractivity contribution in [2.45, 2.75) is 19.9 Å². The molecule has 8 nitrogen and oxygen atoms in total. The van der Waals surface area contributed by atoms with Gasteiger partial charge in [0.2, 0.25) is 5.91 Å². The second-order valence-electron chi connectivity index (χ2n) is 5.28. The molecular formula is C17H19N3O5. The van der Waals surface area contributed by atoms with Gasteiger partial charge in [0.05, 0.1) is 25.3 Å². The molecule has 0 aliphatic carbocycles. The molecule has 1 N–H and O–H groups in total. The minimum absolute atomic E-state index is 0.142. The van der Waals surface area contributed by atoms with Crippen molar-refractivity contribution in [1.82, 2.24) is 9.78 Å². The Morgan fingerprint density at radius 3 is 2.16 bits per heavy atom. The Morgan fingerprint density at radius 2 is 1.68 bits per heavy atom. The molecule has 0 aliphatic rings. The maximum Gasteiger partial charge on any atom is 0.337 e. The fourth-order valence-corrected chi connectivity index (χ4v) is 2.23. The van der Waals surface area contributed by atoms with Crippen LogP contribution in [0.4, 0.5) is 5.69 Å². The van der Waals surface area contributed by atoms with Gasteiger partial charge in [0, 0.05) is 30.5 Å². The van der Waals surface area contributed by atoms with Gasteiger partial charge in [-0.2, -0.15) is 5.10 Å². The third-order valence-corrected chi connectivity index (χ3v) is 3.54. The van der Waals surface area contributed by atoms with Gasteiger partial charge in [-0.25, -0.2) is 9.59 Å². The van der Waals surface area contributed by atoms with E-state index < -0.39 is 11.9 Å². The Bertz CT molecular complexity index is 763. The average molecular weight is 345 g/mol. The zero-order valence-electron chi connectivity index (χ0n) is 14.2. The normalized spacial score (nSPS) is 10.2. The number of benzene rings is 1. The highest BCUT2D eigenvalue weighted by Gasteiger charge is 2.15. The number of nitrogens with zero attached hydrogens (tertiary/aromatic N) is 2. The first kappa shape index (κ1) is 18.2. The summed E-state index contributed by atoms with van der Waals surface area (Å²) in [7, 11) is 2.47. The summed E-state index contributed by atoms with van der Waals surface area (Å²) in [5.41, 5.74) is 1.55. The van der Waals surface area contributed by atoms with E-state index in [-0.39, 0.29) is 23.5 Å². The smallest absolute Gasteiger partial charge is 0.337 e. The van der Waals surface area contributed by atoms with Crippen LogP contribution in [-0.2, 0) is 20.8 Å². The molecule has 25 heavy (non-hydrogen) atoms. The van der Waals surface area contributed by atoms with E-state index in [0.29, 0.717) is 12.2 Å². The largest absolute Gasteiger partial charge is 0.465 e. The number of amides is 1. The summed E-state index contributed by atoms with van der Waals surface area (Å²) < 4.78 is 11.0. The summed E-state index contributed by atoms with van der Waals surface area (Å²) in [6.07, 6.45) is 1.86. The SMILES string of the molecule is COC(=O)c1cc(NC(=O)CCn2nccc2C)cc(C(=O)OC)c1. The molecule has 8 heteroatoms. The molecule has 0 aliphatic heterocycles. The lowest BCUT2D eigenvalue weighted by atomic mass is 10.1. The topological polar surface area (TPSA) is 99.5 Å². The lowest BCUT2D eigenvalue weighted by Gasteiger charge is -2.10. The molecule has 1 aromatic heterocycles. The van der Waals surface area contributed by atoms with Gasteiger partial charge in [0.25, 0.3) is 0 Å². The second kappa shape index (κ2) is 8.09. The monoisotopic (exact) mass is 345 g/mol. The number of ether oxygens (including phenoxy) is 2. The van der Waals surface area contributed by atoms with Gasteiger partial charge in [0.15, 0.2) is 0 Å². The van der Waals surface area contributed by atoms with Crippen LogP contribution in [0.25, 0.3) is 0 Å². The molecule has 0 radical (unpaired) electrons. The first-order chi connectivity index (χ1) is 11.9. The second-order valence-corrected chi connectivity index (χ2v) is 5.28. The lowest BCUT2D eigenvalue weighted by molar-refractivity contribution is -0.116. The number of anilines is 1. The van der Waals surface area contributed by atoms with Crippen molar-refractivity contribution in [2.24, 2.45) is 0 Å². The number of aryl methyl sites for hydroxylation is 2. The summed E-state index contributed by atoms with van der Waals surface area (Å²) in [5.74, 6) is -1.51. The van der Waals surface area contributed by atoms with E-state index in [4.69, 9.17) is 0 Å². The van der Waals surface area contributed by atoms with Crippen molar-refractivity contribution >= 4 is 23.5 Å². The zero-order valence-corrected chi connectivity index (χ0v) is 14.2. The van der Waals surface area contributed by atoms with Crippen LogP contribution in [0.15, 0.2) is 30.5 Å². The average Bonchev–Trinajstić information content (AvgIpc) is 3.03. The Kier molecular flexibility index (Phi) is 5.89. The maximum atomic E-state index is 12.1. The number of rotatable bonds is 6. The number of methoxy groups -OCH3 is 2. The van der Waals surface area contributed by atoms with Crippen LogP contribution in [0.3, 0.4) is 0 Å². The summed E-state index contributed by atoms with van der Waals surface area (Å²) in [6.45, 7) is 2.32. The van der Waals surface area contributed by atoms with E-state index in [1.807, 2.05) is 13.0 Å². The van der Waals surface area contributed by atoms with Crippen LogP contribution < -0.4 is 5.32 Å². The number of hydrogen-bond acceptors (Lipinski definition) is 6. The maximum absolute atomic E-state index is 12.1. The first-order valence-electron chi connectivity index (χ1n) is 7.54. The summed E-state index contributed by atoms with van der Waals surface area (Å²) in [5, 5.41) is 6.77. The van der Waals surface area contributed by atoms with Gasteiger partial charge < -0.3 is 14.8 Å². The van der Waals surface area contributed by atoms with Crippen LogP contribution >= 0.6 is 0 Å². The van der Waals surface area contributed by atoms with Gasteiger partial charge in [-0.05, 0) is 31.2 Å². The highest BCUT2D eigenvalue weighted by molar-refractivity contribution is 5.99. The summed E-state index contributed by atoms with van der Waals surface area (Å²) >= 11 is 0. The quantitative estimate of drug-likeness (QED) is 0.801. The highest BCUT2D eigenvalue weighted by Crippen LogP contribution is 2.17. The number of carbonyl (C=O) groups is 3. The van der Waals surface area contributed by atoms with E-state index in [9.17, 15) is 14.4 Å². The molecular weight excluding hydrogens is 326 g/mol. The van der Waals surface area contributed by atoms with Gasteiger partial charge >= 0.3 is 11.9 Å². The number of esters is 2. The molecule has 0 fully saturated rings. The molecule has 2 aromatic rings. The van der Waals surface area contributed by atoms with Crippen molar-refractivity contribution in [3.05, 3.63) is 47.3 Å². The van der Waals surface area contributed by atoms with Gasteiger partial charge in [-0.3, -0.25) is 9.48 Å². The predicted molar refractivity (Wildman–Crippen MR) is 89.3 cm³/mol. The molecule has 0 unspecified atom stereocenters.